The largest absolute Gasteiger partial charge is 0.477 e. The number of anilines is 2. The lowest BCUT2D eigenvalue weighted by Gasteiger charge is -2.08. The molecule has 0 bridgehead atoms. The average molecular weight is 373 g/mol. The first-order chi connectivity index (χ1) is 9.88. The molecule has 7 nitrogen and oxygen atoms in total. The Bertz CT molecular complexity index is 738. The third-order valence-electron chi connectivity index (χ3n) is 2.50. The zero-order valence-corrected chi connectivity index (χ0v) is 12.6. The van der Waals surface area contributed by atoms with E-state index in [0.717, 1.165) is 16.7 Å². The van der Waals surface area contributed by atoms with Gasteiger partial charge in [0.2, 0.25) is 0 Å². The van der Waals surface area contributed by atoms with Crippen molar-refractivity contribution in [3.8, 4) is 0 Å². The summed E-state index contributed by atoms with van der Waals surface area (Å²) < 4.78 is 0.759. The van der Waals surface area contributed by atoms with Gasteiger partial charge in [0.1, 0.15) is 17.6 Å². The highest BCUT2D eigenvalue weighted by Crippen LogP contribution is 2.29. The molecule has 108 valence electrons. The van der Waals surface area contributed by atoms with Gasteiger partial charge in [0.15, 0.2) is 0 Å². The van der Waals surface area contributed by atoms with Crippen molar-refractivity contribution < 1.29 is 14.8 Å². The van der Waals surface area contributed by atoms with Crippen LogP contribution in [-0.2, 0) is 0 Å². The zero-order valence-electron chi connectivity index (χ0n) is 10.2. The number of aromatic nitrogens is 1. The summed E-state index contributed by atoms with van der Waals surface area (Å²) in [5.41, 5.74) is -0.541. The van der Waals surface area contributed by atoms with Crippen LogP contribution in [0, 0.1) is 10.1 Å². The van der Waals surface area contributed by atoms with Crippen LogP contribution in [0.2, 0.25) is 5.02 Å². The van der Waals surface area contributed by atoms with Crippen molar-refractivity contribution in [3.05, 3.63) is 55.6 Å². The van der Waals surface area contributed by atoms with Crippen molar-refractivity contribution in [1.29, 1.82) is 0 Å². The Hall–Kier alpha value is -2.19. The number of hydrogen-bond acceptors (Lipinski definition) is 5. The number of rotatable bonds is 4. The number of pyridine rings is 1. The highest BCUT2D eigenvalue weighted by atomic mass is 79.9. The Morgan fingerprint density at radius 3 is 2.76 bits per heavy atom. The number of benzene rings is 1. The Morgan fingerprint density at radius 2 is 2.14 bits per heavy atom. The molecule has 1 aromatic carbocycles. The van der Waals surface area contributed by atoms with Crippen molar-refractivity contribution in [3.63, 3.8) is 0 Å². The van der Waals surface area contributed by atoms with Crippen LogP contribution in [0.15, 0.2) is 34.9 Å². The van der Waals surface area contributed by atoms with Crippen molar-refractivity contribution in [2.24, 2.45) is 0 Å². The van der Waals surface area contributed by atoms with Gasteiger partial charge in [0.05, 0.1) is 15.6 Å². The van der Waals surface area contributed by atoms with E-state index in [0.29, 0.717) is 10.7 Å². The van der Waals surface area contributed by atoms with Crippen LogP contribution in [-0.4, -0.2) is 21.0 Å². The van der Waals surface area contributed by atoms with Crippen LogP contribution in [0.1, 0.15) is 10.4 Å². The summed E-state index contributed by atoms with van der Waals surface area (Å²) >= 11 is 9.27. The minimum Gasteiger partial charge on any atom is -0.477 e. The van der Waals surface area contributed by atoms with Gasteiger partial charge in [-0.2, -0.15) is 0 Å². The molecule has 0 saturated heterocycles. The lowest BCUT2D eigenvalue weighted by Crippen LogP contribution is -2.05. The predicted molar refractivity (Wildman–Crippen MR) is 80.3 cm³/mol. The molecule has 0 atom stereocenters. The number of carboxylic acids is 1. The Balaban J connectivity index is 2.41. The van der Waals surface area contributed by atoms with Gasteiger partial charge in [0.25, 0.3) is 0 Å². The number of carboxylic acid groups (broad SMARTS) is 1. The van der Waals surface area contributed by atoms with E-state index in [4.69, 9.17) is 16.7 Å². The quantitative estimate of drug-likeness (QED) is 0.624. The van der Waals surface area contributed by atoms with Gasteiger partial charge < -0.3 is 10.4 Å². The zero-order chi connectivity index (χ0) is 15.6. The molecule has 0 saturated carbocycles. The first-order valence-corrected chi connectivity index (χ1v) is 6.65. The summed E-state index contributed by atoms with van der Waals surface area (Å²) in [7, 11) is 0. The topological polar surface area (TPSA) is 105 Å². The molecule has 0 aliphatic heterocycles. The molecule has 0 fully saturated rings. The van der Waals surface area contributed by atoms with Crippen LogP contribution < -0.4 is 5.32 Å². The second kappa shape index (κ2) is 6.06. The van der Waals surface area contributed by atoms with Crippen molar-refractivity contribution in [2.45, 2.75) is 0 Å². The predicted octanol–water partition coefficient (Wildman–Crippen LogP) is 3.85. The molecule has 9 heteroatoms. The van der Waals surface area contributed by atoms with Crippen LogP contribution in [0.5, 0.6) is 0 Å². The molecule has 0 unspecified atom stereocenters. The number of nitrogens with zero attached hydrogens (tertiary/aromatic N) is 2. The van der Waals surface area contributed by atoms with E-state index in [2.05, 4.69) is 26.2 Å². The molecule has 0 aliphatic rings. The fraction of sp³-hybridized carbons (Fsp3) is 0. The summed E-state index contributed by atoms with van der Waals surface area (Å²) in [5.74, 6) is -1.27. The Kier molecular flexibility index (Phi) is 4.39. The number of aromatic carboxylic acids is 1. The molecule has 2 rings (SSSR count). The van der Waals surface area contributed by atoms with E-state index in [1.165, 1.54) is 0 Å². The lowest BCUT2D eigenvalue weighted by molar-refractivity contribution is -0.385. The Morgan fingerprint density at radius 1 is 1.43 bits per heavy atom. The van der Waals surface area contributed by atoms with E-state index in [1.54, 1.807) is 18.2 Å². The summed E-state index contributed by atoms with van der Waals surface area (Å²) in [4.78, 5) is 24.8. The Labute approximate surface area is 131 Å². The third kappa shape index (κ3) is 3.47. The molecular formula is C12H7BrClN3O4. The first-order valence-electron chi connectivity index (χ1n) is 5.48. The molecule has 0 radical (unpaired) electrons. The van der Waals surface area contributed by atoms with Gasteiger partial charge in [0, 0.05) is 10.5 Å². The number of hydrogen-bond donors (Lipinski definition) is 2. The molecule has 1 heterocycles. The van der Waals surface area contributed by atoms with Crippen molar-refractivity contribution in [2.75, 3.05) is 5.32 Å². The first kappa shape index (κ1) is 15.2. The molecule has 0 aliphatic carbocycles. The smallest absolute Gasteiger partial charge is 0.342 e. The second-order valence-corrected chi connectivity index (χ2v) is 5.22. The molecule has 0 amide bonds. The normalized spacial score (nSPS) is 10.2. The monoisotopic (exact) mass is 371 g/mol. The fourth-order valence-electron chi connectivity index (χ4n) is 1.56. The van der Waals surface area contributed by atoms with E-state index < -0.39 is 22.1 Å². The van der Waals surface area contributed by atoms with E-state index in [-0.39, 0.29) is 5.82 Å². The standard InChI is InChI=1S/C12H7BrClN3O4/c13-6-1-2-8(14)9(3-6)16-11-4-7(12(18)19)10(5-15-11)17(20)21/h1-5H,(H,15,16)(H,18,19). The highest BCUT2D eigenvalue weighted by Gasteiger charge is 2.21. The average Bonchev–Trinajstić information content (AvgIpc) is 2.42. The summed E-state index contributed by atoms with van der Waals surface area (Å²) in [5, 5.41) is 23.0. The molecule has 0 spiro atoms. The molecule has 2 aromatic rings. The maximum Gasteiger partial charge on any atom is 0.342 e. The van der Waals surface area contributed by atoms with Gasteiger partial charge in [-0.3, -0.25) is 10.1 Å². The number of nitro groups is 1. The van der Waals surface area contributed by atoms with Gasteiger partial charge >= 0.3 is 11.7 Å². The van der Waals surface area contributed by atoms with E-state index in [9.17, 15) is 14.9 Å². The molecule has 2 N–H and O–H groups in total. The summed E-state index contributed by atoms with van der Waals surface area (Å²) in [6.45, 7) is 0. The number of carbonyl (C=O) groups is 1. The fourth-order valence-corrected chi connectivity index (χ4v) is 2.09. The summed E-state index contributed by atoms with van der Waals surface area (Å²) in [6, 6.07) is 6.13. The molecular weight excluding hydrogens is 366 g/mol. The SMILES string of the molecule is O=C(O)c1cc(Nc2cc(Br)ccc2Cl)ncc1[N+](=O)[O-]. The van der Waals surface area contributed by atoms with Gasteiger partial charge in [-0.15, -0.1) is 0 Å². The van der Waals surface area contributed by atoms with Gasteiger partial charge in [-0.25, -0.2) is 9.78 Å². The summed E-state index contributed by atoms with van der Waals surface area (Å²) in [6.07, 6.45) is 0.887. The number of halogens is 2. The van der Waals surface area contributed by atoms with Crippen molar-refractivity contribution >= 4 is 50.7 Å². The van der Waals surface area contributed by atoms with Crippen LogP contribution >= 0.6 is 27.5 Å². The van der Waals surface area contributed by atoms with Crippen LogP contribution in [0.25, 0.3) is 0 Å². The van der Waals surface area contributed by atoms with Gasteiger partial charge in [-0.05, 0) is 18.2 Å². The van der Waals surface area contributed by atoms with Gasteiger partial charge in [-0.1, -0.05) is 27.5 Å². The third-order valence-corrected chi connectivity index (χ3v) is 3.32. The minimum atomic E-state index is -1.41. The second-order valence-electron chi connectivity index (χ2n) is 3.90. The van der Waals surface area contributed by atoms with E-state index >= 15 is 0 Å². The minimum absolute atomic E-state index is 0.137. The van der Waals surface area contributed by atoms with Crippen LogP contribution in [0.4, 0.5) is 17.2 Å². The lowest BCUT2D eigenvalue weighted by atomic mass is 10.2. The van der Waals surface area contributed by atoms with Crippen LogP contribution in [0.3, 0.4) is 0 Å². The maximum atomic E-state index is 11.1. The number of nitrogens with one attached hydrogen (secondary N) is 1. The van der Waals surface area contributed by atoms with E-state index in [1.807, 2.05) is 0 Å². The highest BCUT2D eigenvalue weighted by molar-refractivity contribution is 9.10. The van der Waals surface area contributed by atoms with Crippen molar-refractivity contribution in [1.82, 2.24) is 4.98 Å². The molecule has 21 heavy (non-hydrogen) atoms. The maximum absolute atomic E-state index is 11.1. The molecule has 1 aromatic heterocycles.